The Morgan fingerprint density at radius 3 is 1.69 bits per heavy atom. The van der Waals surface area contributed by atoms with E-state index >= 15 is 0 Å². The smallest absolute Gasteiger partial charge is 0.262 e. The first-order valence-electron chi connectivity index (χ1n) is 18.7. The number of hydrogen-bond donors (Lipinski definition) is 1. The van der Waals surface area contributed by atoms with Gasteiger partial charge in [0.2, 0.25) is 0 Å². The van der Waals surface area contributed by atoms with Crippen LogP contribution in [-0.2, 0) is 24.4 Å². The molecule has 0 aromatic heterocycles. The zero-order chi connectivity index (χ0) is 36.8. The molecular formula is C46H43NO7. The zero-order valence-corrected chi connectivity index (χ0v) is 30.9. The first-order valence-corrected chi connectivity index (χ1v) is 18.7. The highest BCUT2D eigenvalue weighted by molar-refractivity contribution is 6.47. The van der Waals surface area contributed by atoms with Gasteiger partial charge in [-0.3, -0.25) is 4.79 Å². The Morgan fingerprint density at radius 2 is 1.07 bits per heavy atom. The highest BCUT2D eigenvalue weighted by Gasteiger charge is 2.23. The van der Waals surface area contributed by atoms with Crippen molar-refractivity contribution in [2.24, 2.45) is 0 Å². The van der Waals surface area contributed by atoms with Crippen molar-refractivity contribution in [3.8, 4) is 17.2 Å². The van der Waals surface area contributed by atoms with Gasteiger partial charge < -0.3 is 33.7 Å². The fourth-order valence-electron chi connectivity index (χ4n) is 7.97. The van der Waals surface area contributed by atoms with E-state index in [1.807, 2.05) is 6.07 Å². The minimum atomic E-state index is -0.283. The van der Waals surface area contributed by atoms with Crippen LogP contribution in [0.15, 0.2) is 91.0 Å². The zero-order valence-electron chi connectivity index (χ0n) is 30.9. The number of carbonyl (C=O) groups is 1. The van der Waals surface area contributed by atoms with Gasteiger partial charge >= 0.3 is 0 Å². The summed E-state index contributed by atoms with van der Waals surface area (Å²) in [6, 6.07) is 31.9. The van der Waals surface area contributed by atoms with Gasteiger partial charge in [0.15, 0.2) is 18.1 Å². The lowest BCUT2D eigenvalue weighted by molar-refractivity contribution is -0.118. The summed E-state index contributed by atoms with van der Waals surface area (Å²) in [7, 11) is 0. The number of fused-ring (bicyclic) bond motifs is 9. The molecule has 0 atom stereocenters. The lowest BCUT2D eigenvalue weighted by Crippen LogP contribution is -2.20. The normalized spacial score (nSPS) is 15.3. The van der Waals surface area contributed by atoms with Crippen LogP contribution in [0.2, 0.25) is 0 Å². The Morgan fingerprint density at radius 1 is 0.556 bits per heavy atom. The lowest BCUT2D eigenvalue weighted by atomic mass is 9.86. The van der Waals surface area contributed by atoms with Crippen molar-refractivity contribution in [1.82, 2.24) is 0 Å². The van der Waals surface area contributed by atoms with Gasteiger partial charge in [0.25, 0.3) is 5.91 Å². The minimum Gasteiger partial charge on any atom is -0.487 e. The van der Waals surface area contributed by atoms with E-state index in [1.54, 1.807) is 18.2 Å². The van der Waals surface area contributed by atoms with E-state index in [1.165, 1.54) is 64.8 Å². The number of carbonyl (C=O) groups excluding carboxylic acids is 1. The van der Waals surface area contributed by atoms with Crippen molar-refractivity contribution in [3.63, 3.8) is 0 Å². The summed E-state index contributed by atoms with van der Waals surface area (Å²) in [6.45, 7) is 10.1. The van der Waals surface area contributed by atoms with E-state index in [9.17, 15) is 4.79 Å². The molecule has 0 aliphatic carbocycles. The molecule has 1 amide bonds. The largest absolute Gasteiger partial charge is 0.487 e. The highest BCUT2D eigenvalue weighted by Crippen LogP contribution is 2.50. The number of benzene rings is 6. The van der Waals surface area contributed by atoms with Crippen molar-refractivity contribution < 1.29 is 33.2 Å². The van der Waals surface area contributed by atoms with E-state index in [2.05, 4.69) is 92.8 Å². The number of rotatable bonds is 4. The second kappa shape index (κ2) is 14.1. The van der Waals surface area contributed by atoms with Gasteiger partial charge in [-0.15, -0.1) is 0 Å². The van der Waals surface area contributed by atoms with Crippen molar-refractivity contribution in [2.75, 3.05) is 64.8 Å². The average Bonchev–Trinajstić information content (AvgIpc) is 3.68. The van der Waals surface area contributed by atoms with E-state index in [0.29, 0.717) is 75.8 Å². The van der Waals surface area contributed by atoms with Gasteiger partial charge in [-0.1, -0.05) is 75.4 Å². The molecule has 0 unspecified atom stereocenters. The molecular weight excluding hydrogens is 679 g/mol. The standard InChI is InChI=1S/C46H43NO7/c1-46(2,3)28-10-13-33-37(24-28)31-6-4-8-35-42(31)44(33)36-9-5-7-32-38-26-30(12-14-34(38)45(35)43(32)36)54-27-41(48)47-29-11-15-39-40(25-29)53-23-21-51-19-17-49-16-18-50-20-22-52-39/h4-15,24-26H,16-23,27H2,1-3H3,(H,47,48). The number of amides is 1. The molecule has 1 aliphatic rings. The van der Waals surface area contributed by atoms with Crippen LogP contribution in [0, 0.1) is 0 Å². The van der Waals surface area contributed by atoms with Gasteiger partial charge in [-0.05, 0) is 106 Å². The fraction of sp³-hybridized carbons (Fsp3) is 0.283. The third-order valence-corrected chi connectivity index (χ3v) is 10.5. The SMILES string of the molecule is CC(C)(C)c1ccc2c(c1)c1cccc3c4c5ccc(OCC(=O)Nc6ccc7c(c6)OCCOCCOCCOCCO7)cc5c5cccc(c54)c2c13. The van der Waals surface area contributed by atoms with E-state index < -0.39 is 0 Å². The summed E-state index contributed by atoms with van der Waals surface area (Å²) in [5.41, 5.74) is 1.98. The molecule has 8 aromatic carbocycles. The van der Waals surface area contributed by atoms with Crippen LogP contribution in [0.1, 0.15) is 26.3 Å². The number of hydrogen-bond acceptors (Lipinski definition) is 7. The fourth-order valence-corrected chi connectivity index (χ4v) is 7.97. The van der Waals surface area contributed by atoms with Gasteiger partial charge in [0.05, 0.1) is 39.6 Å². The maximum Gasteiger partial charge on any atom is 0.262 e. The second-order valence-electron chi connectivity index (χ2n) is 15.0. The molecule has 1 heterocycles. The molecule has 9 rings (SSSR count). The predicted octanol–water partition coefficient (Wildman–Crippen LogP) is 9.62. The number of ether oxygens (including phenoxy) is 6. The Balaban J connectivity index is 0.987. The van der Waals surface area contributed by atoms with Crippen LogP contribution in [-0.4, -0.2) is 65.4 Å². The average molecular weight is 722 g/mol. The minimum absolute atomic E-state index is 0.0636. The van der Waals surface area contributed by atoms with Gasteiger partial charge in [0.1, 0.15) is 19.0 Å². The number of nitrogens with one attached hydrogen (secondary N) is 1. The molecule has 0 spiro atoms. The van der Waals surface area contributed by atoms with Crippen LogP contribution in [0.4, 0.5) is 5.69 Å². The molecule has 54 heavy (non-hydrogen) atoms. The first-order chi connectivity index (χ1) is 26.3. The number of anilines is 1. The molecule has 8 aromatic rings. The van der Waals surface area contributed by atoms with Gasteiger partial charge in [-0.2, -0.15) is 0 Å². The predicted molar refractivity (Wildman–Crippen MR) is 217 cm³/mol. The molecule has 1 aliphatic heterocycles. The highest BCUT2D eigenvalue weighted by atomic mass is 16.6. The second-order valence-corrected chi connectivity index (χ2v) is 15.0. The molecule has 0 saturated heterocycles. The van der Waals surface area contributed by atoms with Crippen LogP contribution in [0.25, 0.3) is 64.6 Å². The van der Waals surface area contributed by atoms with Crippen molar-refractivity contribution in [3.05, 3.63) is 96.6 Å². The molecule has 274 valence electrons. The summed E-state index contributed by atoms with van der Waals surface area (Å²) >= 11 is 0. The van der Waals surface area contributed by atoms with Crippen molar-refractivity contribution in [1.29, 1.82) is 0 Å². The third kappa shape index (κ3) is 6.24. The van der Waals surface area contributed by atoms with Crippen molar-refractivity contribution >= 4 is 76.2 Å². The third-order valence-electron chi connectivity index (χ3n) is 10.5. The van der Waals surface area contributed by atoms with E-state index in [4.69, 9.17) is 28.4 Å². The van der Waals surface area contributed by atoms with Crippen LogP contribution in [0.5, 0.6) is 17.2 Å². The Kier molecular flexibility index (Phi) is 8.97. The van der Waals surface area contributed by atoms with Gasteiger partial charge in [-0.25, -0.2) is 0 Å². The van der Waals surface area contributed by atoms with E-state index in [0.717, 1.165) is 5.39 Å². The molecule has 0 fully saturated rings. The molecule has 0 saturated carbocycles. The Hall–Kier alpha value is -5.41. The maximum absolute atomic E-state index is 13.2. The summed E-state index contributed by atoms with van der Waals surface area (Å²) in [6.07, 6.45) is 0. The molecule has 1 N–H and O–H groups in total. The van der Waals surface area contributed by atoms with Crippen LogP contribution in [0.3, 0.4) is 0 Å². The monoisotopic (exact) mass is 721 g/mol. The molecule has 0 radical (unpaired) electrons. The summed E-state index contributed by atoms with van der Waals surface area (Å²) < 4.78 is 34.6. The quantitative estimate of drug-likeness (QED) is 0.181. The maximum atomic E-state index is 13.2. The Labute approximate surface area is 313 Å². The topological polar surface area (TPSA) is 84.5 Å². The lowest BCUT2D eigenvalue weighted by Gasteiger charge is -2.19. The van der Waals surface area contributed by atoms with Crippen LogP contribution >= 0.6 is 0 Å². The van der Waals surface area contributed by atoms with Gasteiger partial charge in [0, 0.05) is 11.8 Å². The summed E-state index contributed by atoms with van der Waals surface area (Å²) in [4.78, 5) is 13.2. The molecule has 8 nitrogen and oxygen atoms in total. The molecule has 0 bridgehead atoms. The first kappa shape index (κ1) is 34.4. The Bertz CT molecular complexity index is 2640. The summed E-state index contributed by atoms with van der Waals surface area (Å²) in [5, 5.41) is 18.0. The summed E-state index contributed by atoms with van der Waals surface area (Å²) in [5.74, 6) is 1.43. The van der Waals surface area contributed by atoms with E-state index in [-0.39, 0.29) is 17.9 Å². The molecule has 8 heteroatoms. The van der Waals surface area contributed by atoms with Crippen molar-refractivity contribution in [2.45, 2.75) is 26.2 Å². The van der Waals surface area contributed by atoms with Crippen LogP contribution < -0.4 is 19.5 Å².